The highest BCUT2D eigenvalue weighted by Crippen LogP contribution is 2.30. The van der Waals surface area contributed by atoms with Gasteiger partial charge >= 0.3 is 0 Å². The van der Waals surface area contributed by atoms with Crippen LogP contribution in [0.25, 0.3) is 0 Å². The summed E-state index contributed by atoms with van der Waals surface area (Å²) in [7, 11) is 0. The molecule has 23 heavy (non-hydrogen) atoms. The van der Waals surface area contributed by atoms with Crippen molar-refractivity contribution in [2.75, 3.05) is 6.61 Å². The maximum atomic E-state index is 11.6. The fourth-order valence-electron chi connectivity index (χ4n) is 2.38. The zero-order chi connectivity index (χ0) is 17.6. The Bertz CT molecular complexity index is 546. The highest BCUT2D eigenvalue weighted by Gasteiger charge is 2.30. The molecule has 0 aliphatic carbocycles. The Morgan fingerprint density at radius 2 is 2.13 bits per heavy atom. The number of hydrogen-bond donors (Lipinski definition) is 1. The number of ether oxygens (including phenoxy) is 1. The Labute approximate surface area is 148 Å². The second-order valence-corrected chi connectivity index (χ2v) is 7.41. The van der Waals surface area contributed by atoms with Gasteiger partial charge in [0.2, 0.25) is 5.91 Å². The number of rotatable bonds is 8. The third-order valence-corrected chi connectivity index (χ3v) is 4.93. The normalized spacial score (nSPS) is 13.7. The van der Waals surface area contributed by atoms with Gasteiger partial charge in [0.15, 0.2) is 0 Å². The third-order valence-electron chi connectivity index (χ3n) is 4.24. The monoisotopic (exact) mass is 384 g/mol. The highest BCUT2D eigenvalue weighted by atomic mass is 79.9. The van der Waals surface area contributed by atoms with Crippen LogP contribution in [0.4, 0.5) is 0 Å². The lowest BCUT2D eigenvalue weighted by molar-refractivity contribution is -0.121. The van der Waals surface area contributed by atoms with Gasteiger partial charge in [-0.1, -0.05) is 27.2 Å². The number of aromatic nitrogens is 1. The van der Waals surface area contributed by atoms with Gasteiger partial charge in [-0.25, -0.2) is 4.98 Å². The Hall–Kier alpha value is -1.10. The topological polar surface area (TPSA) is 51.2 Å². The van der Waals surface area contributed by atoms with E-state index in [1.54, 1.807) is 6.92 Å². The molecule has 0 aliphatic heterocycles. The summed E-state index contributed by atoms with van der Waals surface area (Å²) in [5.41, 5.74) is 1.60. The van der Waals surface area contributed by atoms with E-state index in [1.807, 2.05) is 13.0 Å². The molecule has 1 N–H and O–H groups in total. The molecule has 1 unspecified atom stereocenters. The van der Waals surface area contributed by atoms with Crippen LogP contribution in [-0.2, 0) is 11.2 Å². The Morgan fingerprint density at radius 1 is 1.48 bits per heavy atom. The van der Waals surface area contributed by atoms with E-state index in [0.29, 0.717) is 18.9 Å². The average Bonchev–Trinajstić information content (AvgIpc) is 2.42. The van der Waals surface area contributed by atoms with Crippen molar-refractivity contribution in [3.05, 3.63) is 21.9 Å². The van der Waals surface area contributed by atoms with E-state index in [1.165, 1.54) is 0 Å². The van der Waals surface area contributed by atoms with Crippen LogP contribution in [0.1, 0.15) is 58.7 Å². The lowest BCUT2D eigenvalue weighted by atomic mass is 9.82. The summed E-state index contributed by atoms with van der Waals surface area (Å²) >= 11 is 3.55. The number of hydrogen-bond acceptors (Lipinski definition) is 3. The molecule has 1 atom stereocenters. The first-order valence-electron chi connectivity index (χ1n) is 8.27. The Balaban J connectivity index is 3.05. The molecular formula is C18H29BrN2O2. The van der Waals surface area contributed by atoms with Crippen LogP contribution in [0, 0.1) is 12.8 Å². The maximum Gasteiger partial charge on any atom is 0.217 e. The predicted octanol–water partition coefficient (Wildman–Crippen LogP) is 4.42. The first-order valence-corrected chi connectivity index (χ1v) is 9.06. The molecule has 1 heterocycles. The summed E-state index contributed by atoms with van der Waals surface area (Å²) in [5, 5.41) is 3.09. The molecule has 130 valence electrons. The zero-order valence-corrected chi connectivity index (χ0v) is 16.7. The van der Waals surface area contributed by atoms with Crippen LogP contribution in [0.15, 0.2) is 10.7 Å². The summed E-state index contributed by atoms with van der Waals surface area (Å²) in [6.45, 7) is 12.7. The number of amides is 1. The van der Waals surface area contributed by atoms with Crippen molar-refractivity contribution in [2.24, 2.45) is 5.92 Å². The molecule has 0 saturated carbocycles. The van der Waals surface area contributed by atoms with Crippen LogP contribution < -0.4 is 10.1 Å². The van der Waals surface area contributed by atoms with Crippen LogP contribution in [0.5, 0.6) is 5.75 Å². The lowest BCUT2D eigenvalue weighted by Gasteiger charge is -2.35. The minimum Gasteiger partial charge on any atom is -0.492 e. The molecule has 1 amide bonds. The molecule has 1 aromatic rings. The minimum absolute atomic E-state index is 0.0168. The van der Waals surface area contributed by atoms with Gasteiger partial charge in [0.1, 0.15) is 10.4 Å². The fraction of sp³-hybridized carbons (Fsp3) is 0.667. The Kier molecular flexibility index (Phi) is 7.52. The van der Waals surface area contributed by atoms with Gasteiger partial charge in [0, 0.05) is 12.5 Å². The zero-order valence-electron chi connectivity index (χ0n) is 15.1. The van der Waals surface area contributed by atoms with Gasteiger partial charge in [-0.15, -0.1) is 0 Å². The molecule has 4 nitrogen and oxygen atoms in total. The maximum absolute atomic E-state index is 11.6. The number of unbranched alkanes of at least 4 members (excludes halogenated alkanes) is 1. The van der Waals surface area contributed by atoms with E-state index in [-0.39, 0.29) is 11.4 Å². The van der Waals surface area contributed by atoms with Gasteiger partial charge in [-0.05, 0) is 60.2 Å². The van der Waals surface area contributed by atoms with Crippen LogP contribution in [0.3, 0.4) is 0 Å². The largest absolute Gasteiger partial charge is 0.492 e. The van der Waals surface area contributed by atoms with E-state index in [2.05, 4.69) is 53.9 Å². The molecular weight excluding hydrogens is 356 g/mol. The summed E-state index contributed by atoms with van der Waals surface area (Å²) in [6, 6.07) is 2.05. The number of carbonyl (C=O) groups excluding carboxylic acids is 1. The molecule has 0 aliphatic rings. The molecule has 5 heteroatoms. The van der Waals surface area contributed by atoms with Crippen molar-refractivity contribution < 1.29 is 9.53 Å². The number of aryl methyl sites for hydroxylation is 1. The number of pyridine rings is 1. The van der Waals surface area contributed by atoms with Crippen LogP contribution in [0.2, 0.25) is 0 Å². The lowest BCUT2D eigenvalue weighted by Crippen LogP contribution is -2.51. The van der Waals surface area contributed by atoms with E-state index in [4.69, 9.17) is 4.74 Å². The van der Waals surface area contributed by atoms with E-state index < -0.39 is 0 Å². The number of nitrogens with one attached hydrogen (secondary N) is 1. The van der Waals surface area contributed by atoms with Gasteiger partial charge in [-0.2, -0.15) is 0 Å². The fourth-order valence-corrected chi connectivity index (χ4v) is 2.90. The number of halogens is 1. The van der Waals surface area contributed by atoms with Crippen molar-refractivity contribution in [3.8, 4) is 5.75 Å². The van der Waals surface area contributed by atoms with Gasteiger partial charge < -0.3 is 10.1 Å². The smallest absolute Gasteiger partial charge is 0.217 e. The minimum atomic E-state index is -0.327. The molecule has 1 rings (SSSR count). The quantitative estimate of drug-likeness (QED) is 0.532. The second kappa shape index (κ2) is 8.67. The average molecular weight is 385 g/mol. The summed E-state index contributed by atoms with van der Waals surface area (Å²) in [6.07, 6.45) is 2.83. The standard InChI is InChI=1S/C18H29BrN2O2/c1-7-8-9-23-16-10-15(17(19)20-13(16)4)11-18(6,12(2)3)21-14(5)22/h10,12H,7-9,11H2,1-6H3,(H,21,22). The van der Waals surface area contributed by atoms with Gasteiger partial charge in [0.25, 0.3) is 0 Å². The summed E-state index contributed by atoms with van der Waals surface area (Å²) in [5.74, 6) is 1.10. The van der Waals surface area contributed by atoms with Gasteiger partial charge in [0.05, 0.1) is 12.3 Å². The third kappa shape index (κ3) is 5.79. The van der Waals surface area contributed by atoms with E-state index in [9.17, 15) is 4.79 Å². The molecule has 0 spiro atoms. The molecule has 0 saturated heterocycles. The first-order chi connectivity index (χ1) is 10.7. The summed E-state index contributed by atoms with van der Waals surface area (Å²) < 4.78 is 6.67. The molecule has 1 aromatic heterocycles. The summed E-state index contributed by atoms with van der Waals surface area (Å²) in [4.78, 5) is 16.1. The highest BCUT2D eigenvalue weighted by molar-refractivity contribution is 9.10. The predicted molar refractivity (Wildman–Crippen MR) is 97.8 cm³/mol. The van der Waals surface area contributed by atoms with Crippen molar-refractivity contribution in [3.63, 3.8) is 0 Å². The van der Waals surface area contributed by atoms with E-state index >= 15 is 0 Å². The molecule has 0 radical (unpaired) electrons. The molecule has 0 bridgehead atoms. The van der Waals surface area contributed by atoms with Crippen molar-refractivity contribution in [1.82, 2.24) is 10.3 Å². The number of carbonyl (C=O) groups is 1. The SMILES string of the molecule is CCCCOc1cc(CC(C)(NC(C)=O)C(C)C)c(Br)nc1C. The Morgan fingerprint density at radius 3 is 2.65 bits per heavy atom. The van der Waals surface area contributed by atoms with Crippen molar-refractivity contribution in [2.45, 2.75) is 66.3 Å². The van der Waals surface area contributed by atoms with Gasteiger partial charge in [-0.3, -0.25) is 4.79 Å². The van der Waals surface area contributed by atoms with Crippen molar-refractivity contribution >= 4 is 21.8 Å². The number of nitrogens with zero attached hydrogens (tertiary/aromatic N) is 1. The second-order valence-electron chi connectivity index (χ2n) is 6.65. The molecule has 0 fully saturated rings. The first kappa shape index (κ1) is 19.9. The van der Waals surface area contributed by atoms with Crippen LogP contribution >= 0.6 is 15.9 Å². The van der Waals surface area contributed by atoms with Crippen LogP contribution in [-0.4, -0.2) is 23.0 Å². The molecule has 0 aromatic carbocycles. The van der Waals surface area contributed by atoms with Crippen molar-refractivity contribution in [1.29, 1.82) is 0 Å². The van der Waals surface area contributed by atoms with E-state index in [0.717, 1.165) is 34.5 Å².